The molecule has 0 spiro atoms. The Labute approximate surface area is 118 Å². The Morgan fingerprint density at radius 3 is 2.47 bits per heavy atom. The standard InChI is InChI=1S/C15H29NO2S/c1-3-10-16-14(9-6-11-19(17,18)4-2)15-12-7-5-8-13(12)15/h12-16H,3-11H2,1-2H3. The van der Waals surface area contributed by atoms with Gasteiger partial charge in [0.05, 0.1) is 5.75 Å². The van der Waals surface area contributed by atoms with Crippen LogP contribution >= 0.6 is 0 Å². The fourth-order valence-corrected chi connectivity index (χ4v) is 4.80. The maximum Gasteiger partial charge on any atom is 0.150 e. The van der Waals surface area contributed by atoms with E-state index in [0.717, 1.165) is 43.6 Å². The Balaban J connectivity index is 1.78. The number of rotatable bonds is 9. The highest BCUT2D eigenvalue weighted by atomic mass is 32.2. The largest absolute Gasteiger partial charge is 0.314 e. The van der Waals surface area contributed by atoms with Crippen LogP contribution in [0, 0.1) is 17.8 Å². The minimum absolute atomic E-state index is 0.286. The quantitative estimate of drug-likeness (QED) is 0.709. The fraction of sp³-hybridized carbons (Fsp3) is 1.00. The molecule has 3 atom stereocenters. The Bertz CT molecular complexity index is 370. The molecule has 2 aliphatic rings. The highest BCUT2D eigenvalue weighted by Gasteiger charge is 2.55. The molecule has 112 valence electrons. The van der Waals surface area contributed by atoms with Crippen molar-refractivity contribution >= 4 is 9.84 Å². The maximum atomic E-state index is 11.6. The number of hydrogen-bond acceptors (Lipinski definition) is 3. The van der Waals surface area contributed by atoms with Gasteiger partial charge in [-0.3, -0.25) is 0 Å². The van der Waals surface area contributed by atoms with E-state index in [-0.39, 0.29) is 5.75 Å². The summed E-state index contributed by atoms with van der Waals surface area (Å²) >= 11 is 0. The van der Waals surface area contributed by atoms with Crippen LogP contribution in [0.4, 0.5) is 0 Å². The highest BCUT2D eigenvalue weighted by molar-refractivity contribution is 7.91. The molecule has 4 heteroatoms. The summed E-state index contributed by atoms with van der Waals surface area (Å²) in [7, 11) is -2.79. The molecular formula is C15H29NO2S. The SMILES string of the molecule is CCCNC(CCCS(=O)(=O)CC)C1C2CCCC21. The van der Waals surface area contributed by atoms with Crippen molar-refractivity contribution in [1.82, 2.24) is 5.32 Å². The summed E-state index contributed by atoms with van der Waals surface area (Å²) in [6, 6.07) is 0.572. The molecule has 19 heavy (non-hydrogen) atoms. The lowest BCUT2D eigenvalue weighted by Gasteiger charge is -2.20. The van der Waals surface area contributed by atoms with Crippen molar-refractivity contribution in [2.75, 3.05) is 18.1 Å². The number of nitrogens with one attached hydrogen (secondary N) is 1. The molecule has 1 N–H and O–H groups in total. The van der Waals surface area contributed by atoms with Gasteiger partial charge in [-0.2, -0.15) is 0 Å². The second kappa shape index (κ2) is 6.57. The van der Waals surface area contributed by atoms with Crippen LogP contribution in [-0.4, -0.2) is 32.5 Å². The molecule has 0 amide bonds. The Hall–Kier alpha value is -0.0900. The summed E-state index contributed by atoms with van der Waals surface area (Å²) in [6.45, 7) is 5.01. The molecule has 0 heterocycles. The molecule has 2 fully saturated rings. The van der Waals surface area contributed by atoms with Gasteiger partial charge in [-0.25, -0.2) is 8.42 Å². The van der Waals surface area contributed by atoms with Gasteiger partial charge in [0.2, 0.25) is 0 Å². The van der Waals surface area contributed by atoms with E-state index >= 15 is 0 Å². The summed E-state index contributed by atoms with van der Waals surface area (Å²) in [5.41, 5.74) is 0. The molecule has 0 aliphatic heterocycles. The van der Waals surface area contributed by atoms with E-state index in [1.807, 2.05) is 0 Å². The minimum atomic E-state index is -2.79. The predicted octanol–water partition coefficient (Wildman–Crippen LogP) is 2.62. The first-order chi connectivity index (χ1) is 9.09. The molecule has 0 bridgehead atoms. The lowest BCUT2D eigenvalue weighted by molar-refractivity contribution is 0.382. The molecule has 0 aromatic heterocycles. The molecule has 3 nitrogen and oxygen atoms in total. The topological polar surface area (TPSA) is 46.2 Å². The number of hydrogen-bond donors (Lipinski definition) is 1. The van der Waals surface area contributed by atoms with Crippen molar-refractivity contribution < 1.29 is 8.42 Å². The van der Waals surface area contributed by atoms with Crippen LogP contribution in [-0.2, 0) is 9.84 Å². The smallest absolute Gasteiger partial charge is 0.150 e. The van der Waals surface area contributed by atoms with Gasteiger partial charge in [0.1, 0.15) is 9.84 Å². The van der Waals surface area contributed by atoms with Crippen LogP contribution in [0.25, 0.3) is 0 Å². The van der Waals surface area contributed by atoms with Crippen LogP contribution in [0.3, 0.4) is 0 Å². The van der Waals surface area contributed by atoms with E-state index in [2.05, 4.69) is 12.2 Å². The molecular weight excluding hydrogens is 258 g/mol. The molecule has 3 unspecified atom stereocenters. The minimum Gasteiger partial charge on any atom is -0.314 e. The summed E-state index contributed by atoms with van der Waals surface area (Å²) in [4.78, 5) is 0. The summed E-state index contributed by atoms with van der Waals surface area (Å²) in [5, 5.41) is 3.67. The lowest BCUT2D eigenvalue weighted by Crippen LogP contribution is -2.33. The molecule has 0 saturated heterocycles. The normalized spacial score (nSPS) is 31.2. The van der Waals surface area contributed by atoms with Crippen molar-refractivity contribution in [1.29, 1.82) is 0 Å². The van der Waals surface area contributed by atoms with Crippen molar-refractivity contribution in [3.8, 4) is 0 Å². The van der Waals surface area contributed by atoms with Gasteiger partial charge in [-0.15, -0.1) is 0 Å². The first-order valence-corrected chi connectivity index (χ1v) is 9.85. The second-order valence-corrected chi connectivity index (χ2v) is 8.75. The van der Waals surface area contributed by atoms with Crippen LogP contribution < -0.4 is 5.32 Å². The predicted molar refractivity (Wildman–Crippen MR) is 80.0 cm³/mol. The molecule has 0 radical (unpaired) electrons. The Morgan fingerprint density at radius 1 is 1.21 bits per heavy atom. The van der Waals surface area contributed by atoms with Gasteiger partial charge in [-0.05, 0) is 56.4 Å². The third-order valence-electron chi connectivity index (χ3n) is 5.00. The van der Waals surface area contributed by atoms with Gasteiger partial charge < -0.3 is 5.32 Å². The Kier molecular flexibility index (Phi) is 5.29. The van der Waals surface area contributed by atoms with E-state index < -0.39 is 9.84 Å². The van der Waals surface area contributed by atoms with Crippen LogP contribution in [0.1, 0.15) is 52.4 Å². The van der Waals surface area contributed by atoms with Crippen LogP contribution in [0.15, 0.2) is 0 Å². The van der Waals surface area contributed by atoms with Gasteiger partial charge in [0, 0.05) is 11.8 Å². The zero-order valence-corrected chi connectivity index (χ0v) is 13.2. The van der Waals surface area contributed by atoms with E-state index in [0.29, 0.717) is 11.8 Å². The molecule has 0 aromatic rings. The third kappa shape index (κ3) is 3.94. The average Bonchev–Trinajstić information content (AvgIpc) is 2.86. The van der Waals surface area contributed by atoms with Crippen molar-refractivity contribution in [3.63, 3.8) is 0 Å². The molecule has 2 aliphatic carbocycles. The van der Waals surface area contributed by atoms with E-state index in [4.69, 9.17) is 0 Å². The Morgan fingerprint density at radius 2 is 1.89 bits per heavy atom. The fourth-order valence-electron chi connectivity index (χ4n) is 3.90. The lowest BCUT2D eigenvalue weighted by atomic mass is 10.00. The van der Waals surface area contributed by atoms with Crippen LogP contribution in [0.5, 0.6) is 0 Å². The zero-order valence-electron chi connectivity index (χ0n) is 12.4. The van der Waals surface area contributed by atoms with Crippen LogP contribution in [0.2, 0.25) is 0 Å². The first-order valence-electron chi connectivity index (χ1n) is 8.03. The molecule has 0 aromatic carbocycles. The van der Waals surface area contributed by atoms with Gasteiger partial charge in [-0.1, -0.05) is 20.3 Å². The summed E-state index contributed by atoms with van der Waals surface area (Å²) in [6.07, 6.45) is 7.26. The van der Waals surface area contributed by atoms with Gasteiger partial charge >= 0.3 is 0 Å². The third-order valence-corrected chi connectivity index (χ3v) is 6.79. The van der Waals surface area contributed by atoms with Crippen molar-refractivity contribution in [2.24, 2.45) is 17.8 Å². The molecule has 2 saturated carbocycles. The zero-order chi connectivity index (χ0) is 13.9. The molecule has 2 rings (SSSR count). The van der Waals surface area contributed by atoms with Crippen molar-refractivity contribution in [2.45, 2.75) is 58.4 Å². The number of fused-ring (bicyclic) bond motifs is 1. The summed E-state index contributed by atoms with van der Waals surface area (Å²) < 4.78 is 23.1. The van der Waals surface area contributed by atoms with Gasteiger partial charge in [0.15, 0.2) is 0 Å². The van der Waals surface area contributed by atoms with Gasteiger partial charge in [0.25, 0.3) is 0 Å². The first kappa shape index (κ1) is 15.3. The maximum absolute atomic E-state index is 11.6. The van der Waals surface area contributed by atoms with E-state index in [9.17, 15) is 8.42 Å². The summed E-state index contributed by atoms with van der Waals surface area (Å²) in [5.74, 6) is 3.42. The van der Waals surface area contributed by atoms with Crippen molar-refractivity contribution in [3.05, 3.63) is 0 Å². The van der Waals surface area contributed by atoms with E-state index in [1.165, 1.54) is 19.3 Å². The second-order valence-electron chi connectivity index (χ2n) is 6.28. The highest BCUT2D eigenvalue weighted by Crippen LogP contribution is 2.59. The monoisotopic (exact) mass is 287 g/mol. The average molecular weight is 287 g/mol. The van der Waals surface area contributed by atoms with E-state index in [1.54, 1.807) is 6.92 Å². The number of sulfone groups is 1.